The van der Waals surface area contributed by atoms with E-state index in [1.807, 2.05) is 6.92 Å². The highest BCUT2D eigenvalue weighted by molar-refractivity contribution is 7.99. The molecular weight excluding hydrogens is 288 g/mol. The first-order chi connectivity index (χ1) is 9.04. The van der Waals surface area contributed by atoms with E-state index in [4.69, 9.17) is 11.6 Å². The van der Waals surface area contributed by atoms with Crippen LogP contribution in [0.2, 0.25) is 5.02 Å². The second-order valence-electron chi connectivity index (χ2n) is 4.26. The zero-order valence-electron chi connectivity index (χ0n) is 10.5. The minimum absolute atomic E-state index is 0.263. The lowest BCUT2D eigenvalue weighted by atomic mass is 10.2. The van der Waals surface area contributed by atoms with Gasteiger partial charge < -0.3 is 14.6 Å². The monoisotopic (exact) mass is 302 g/mol. The maximum atomic E-state index is 12.5. The Labute approximate surface area is 120 Å². The summed E-state index contributed by atoms with van der Waals surface area (Å²) in [6, 6.07) is 0.832. The molecule has 0 bridgehead atoms. The number of thioether (sulfide) groups is 1. The highest BCUT2D eigenvalue weighted by Gasteiger charge is 2.33. The highest BCUT2D eigenvalue weighted by Crippen LogP contribution is 2.22. The van der Waals surface area contributed by atoms with Crippen LogP contribution in [0.3, 0.4) is 0 Å². The van der Waals surface area contributed by atoms with Gasteiger partial charge in [-0.15, -0.1) is 0 Å². The van der Waals surface area contributed by atoms with Gasteiger partial charge in [0.25, 0.3) is 5.91 Å². The summed E-state index contributed by atoms with van der Waals surface area (Å²) in [5.41, 5.74) is 0.450. The summed E-state index contributed by atoms with van der Waals surface area (Å²) in [5, 5.41) is 9.69. The molecule has 1 fully saturated rings. The van der Waals surface area contributed by atoms with Crippen molar-refractivity contribution in [3.8, 4) is 0 Å². The first-order valence-electron chi connectivity index (χ1n) is 6.01. The van der Waals surface area contributed by atoms with Crippen LogP contribution < -0.4 is 0 Å². The van der Waals surface area contributed by atoms with E-state index in [1.54, 1.807) is 28.6 Å². The van der Waals surface area contributed by atoms with Crippen LogP contribution in [-0.2, 0) is 11.3 Å². The number of amides is 1. The van der Waals surface area contributed by atoms with E-state index < -0.39 is 12.0 Å². The molecule has 2 heterocycles. The standard InChI is InChI=1S/C12H15ClN2O3S/c1-2-14-6-8(13)5-9(14)11(16)15-3-4-19-7-10(15)12(17)18/h5-6,10H,2-4,7H2,1H3,(H,17,18). The van der Waals surface area contributed by atoms with E-state index in [1.165, 1.54) is 4.90 Å². The van der Waals surface area contributed by atoms with Gasteiger partial charge in [0.1, 0.15) is 11.7 Å². The van der Waals surface area contributed by atoms with Crippen molar-refractivity contribution in [2.75, 3.05) is 18.1 Å². The molecule has 1 aromatic heterocycles. The van der Waals surface area contributed by atoms with E-state index in [0.29, 0.717) is 29.6 Å². The number of nitrogens with zero attached hydrogens (tertiary/aromatic N) is 2. The van der Waals surface area contributed by atoms with Crippen molar-refractivity contribution in [3.05, 3.63) is 23.0 Å². The Morgan fingerprint density at radius 3 is 2.95 bits per heavy atom. The molecule has 5 nitrogen and oxygen atoms in total. The smallest absolute Gasteiger partial charge is 0.327 e. The fourth-order valence-electron chi connectivity index (χ4n) is 2.11. The van der Waals surface area contributed by atoms with E-state index in [-0.39, 0.29) is 5.91 Å². The minimum atomic E-state index is -0.957. The van der Waals surface area contributed by atoms with Gasteiger partial charge in [0.2, 0.25) is 0 Å². The van der Waals surface area contributed by atoms with Gasteiger partial charge in [0.05, 0.1) is 5.02 Å². The third kappa shape index (κ3) is 2.90. The van der Waals surface area contributed by atoms with Crippen molar-refractivity contribution in [3.63, 3.8) is 0 Å². The van der Waals surface area contributed by atoms with Crippen LogP contribution in [0.4, 0.5) is 0 Å². The van der Waals surface area contributed by atoms with Crippen molar-refractivity contribution >= 4 is 35.2 Å². The van der Waals surface area contributed by atoms with Gasteiger partial charge in [-0.25, -0.2) is 4.79 Å². The van der Waals surface area contributed by atoms with Crippen LogP contribution in [0.1, 0.15) is 17.4 Å². The maximum Gasteiger partial charge on any atom is 0.327 e. The highest BCUT2D eigenvalue weighted by atomic mass is 35.5. The van der Waals surface area contributed by atoms with Crippen LogP contribution in [0.15, 0.2) is 12.3 Å². The molecule has 1 aliphatic rings. The lowest BCUT2D eigenvalue weighted by Gasteiger charge is -2.32. The molecule has 1 aliphatic heterocycles. The Kier molecular flexibility index (Phi) is 4.42. The SMILES string of the molecule is CCn1cc(Cl)cc1C(=O)N1CCSCC1C(=O)O. The van der Waals surface area contributed by atoms with Crippen LogP contribution >= 0.6 is 23.4 Å². The number of aliphatic carboxylic acids is 1. The van der Waals surface area contributed by atoms with Crippen molar-refractivity contribution in [1.29, 1.82) is 0 Å². The van der Waals surface area contributed by atoms with Crippen molar-refractivity contribution in [2.24, 2.45) is 0 Å². The number of carboxylic acids is 1. The zero-order valence-corrected chi connectivity index (χ0v) is 12.1. The molecular formula is C12H15ClN2O3S. The summed E-state index contributed by atoms with van der Waals surface area (Å²) in [5.74, 6) is -0.0275. The first kappa shape index (κ1) is 14.3. The van der Waals surface area contributed by atoms with Gasteiger partial charge in [-0.1, -0.05) is 11.6 Å². The Bertz CT molecular complexity index is 503. The molecule has 1 atom stereocenters. The van der Waals surface area contributed by atoms with Gasteiger partial charge >= 0.3 is 5.97 Å². The molecule has 104 valence electrons. The predicted molar refractivity (Wildman–Crippen MR) is 74.9 cm³/mol. The average Bonchev–Trinajstić information content (AvgIpc) is 2.79. The number of rotatable bonds is 3. The van der Waals surface area contributed by atoms with E-state index in [0.717, 1.165) is 5.75 Å². The number of carbonyl (C=O) groups excluding carboxylic acids is 1. The molecule has 1 N–H and O–H groups in total. The lowest BCUT2D eigenvalue weighted by molar-refractivity contribution is -0.141. The Morgan fingerprint density at radius 1 is 1.58 bits per heavy atom. The van der Waals surface area contributed by atoms with Crippen molar-refractivity contribution in [2.45, 2.75) is 19.5 Å². The number of aryl methyl sites for hydroxylation is 1. The molecule has 0 radical (unpaired) electrons. The molecule has 1 saturated heterocycles. The summed E-state index contributed by atoms with van der Waals surface area (Å²) in [6.45, 7) is 2.98. The Balaban J connectivity index is 2.28. The van der Waals surface area contributed by atoms with E-state index in [9.17, 15) is 14.7 Å². The number of halogens is 1. The molecule has 7 heteroatoms. The van der Waals surface area contributed by atoms with E-state index >= 15 is 0 Å². The van der Waals surface area contributed by atoms with Gasteiger partial charge in [0.15, 0.2) is 0 Å². The van der Waals surface area contributed by atoms with Crippen LogP contribution in [-0.4, -0.2) is 50.5 Å². The Hall–Kier alpha value is -1.14. The second kappa shape index (κ2) is 5.88. The molecule has 1 amide bonds. The summed E-state index contributed by atoms with van der Waals surface area (Å²) in [6.07, 6.45) is 1.68. The minimum Gasteiger partial charge on any atom is -0.480 e. The number of carboxylic acid groups (broad SMARTS) is 1. The van der Waals surface area contributed by atoms with Crippen molar-refractivity contribution in [1.82, 2.24) is 9.47 Å². The topological polar surface area (TPSA) is 62.5 Å². The Morgan fingerprint density at radius 2 is 2.32 bits per heavy atom. The van der Waals surface area contributed by atoms with Gasteiger partial charge in [-0.3, -0.25) is 4.79 Å². The number of aromatic nitrogens is 1. The van der Waals surface area contributed by atoms with Crippen LogP contribution in [0, 0.1) is 0 Å². The molecule has 1 aromatic rings. The summed E-state index contributed by atoms with van der Waals surface area (Å²) in [7, 11) is 0. The van der Waals surface area contributed by atoms with Gasteiger partial charge in [-0.05, 0) is 13.0 Å². The fraction of sp³-hybridized carbons (Fsp3) is 0.500. The number of hydrogen-bond donors (Lipinski definition) is 1. The van der Waals surface area contributed by atoms with Crippen LogP contribution in [0.5, 0.6) is 0 Å². The van der Waals surface area contributed by atoms with Gasteiger partial charge in [-0.2, -0.15) is 11.8 Å². The maximum absolute atomic E-state index is 12.5. The number of carbonyl (C=O) groups is 2. The molecule has 19 heavy (non-hydrogen) atoms. The van der Waals surface area contributed by atoms with Crippen LogP contribution in [0.25, 0.3) is 0 Å². The normalized spacial score (nSPS) is 19.5. The fourth-order valence-corrected chi connectivity index (χ4v) is 3.37. The quantitative estimate of drug-likeness (QED) is 0.925. The largest absolute Gasteiger partial charge is 0.480 e. The predicted octanol–water partition coefficient (Wildman–Crippen LogP) is 1.80. The zero-order chi connectivity index (χ0) is 14.0. The molecule has 0 spiro atoms. The van der Waals surface area contributed by atoms with E-state index in [2.05, 4.69) is 0 Å². The molecule has 0 aromatic carbocycles. The van der Waals surface area contributed by atoms with Crippen molar-refractivity contribution < 1.29 is 14.7 Å². The summed E-state index contributed by atoms with van der Waals surface area (Å²) >= 11 is 7.47. The second-order valence-corrected chi connectivity index (χ2v) is 5.84. The first-order valence-corrected chi connectivity index (χ1v) is 7.55. The molecule has 0 aliphatic carbocycles. The number of hydrogen-bond acceptors (Lipinski definition) is 3. The average molecular weight is 303 g/mol. The van der Waals surface area contributed by atoms with Gasteiger partial charge in [0, 0.05) is 30.8 Å². The third-order valence-corrected chi connectivity index (χ3v) is 4.33. The summed E-state index contributed by atoms with van der Waals surface area (Å²) in [4.78, 5) is 25.1. The molecule has 1 unspecified atom stereocenters. The lowest BCUT2D eigenvalue weighted by Crippen LogP contribution is -2.50. The third-order valence-electron chi connectivity index (χ3n) is 3.10. The summed E-state index contributed by atoms with van der Waals surface area (Å²) < 4.78 is 1.74. The molecule has 0 saturated carbocycles. The molecule has 2 rings (SSSR count).